The Morgan fingerprint density at radius 2 is 1.80 bits per heavy atom. The molecule has 1 heterocycles. The second kappa shape index (κ2) is 9.98. The van der Waals surface area contributed by atoms with Crippen LogP contribution in [0, 0.1) is 5.92 Å². The third-order valence-corrected chi connectivity index (χ3v) is 5.85. The molecule has 5 nitrogen and oxygen atoms in total. The summed E-state index contributed by atoms with van der Waals surface area (Å²) >= 11 is 5.91. The van der Waals surface area contributed by atoms with Crippen molar-refractivity contribution in [3.63, 3.8) is 0 Å². The van der Waals surface area contributed by atoms with Gasteiger partial charge in [0, 0.05) is 47.6 Å². The number of rotatable bonds is 6. The first-order chi connectivity index (χ1) is 14.4. The summed E-state index contributed by atoms with van der Waals surface area (Å²) in [5.41, 5.74) is 2.52. The van der Waals surface area contributed by atoms with Gasteiger partial charge in [-0.05, 0) is 82.1 Å². The van der Waals surface area contributed by atoms with Gasteiger partial charge in [-0.3, -0.25) is 9.59 Å². The molecule has 3 rings (SSSR count). The predicted octanol–water partition coefficient (Wildman–Crippen LogP) is 5.07. The van der Waals surface area contributed by atoms with Crippen LogP contribution in [0.2, 0.25) is 5.02 Å². The Morgan fingerprint density at radius 1 is 1.13 bits per heavy atom. The molecule has 2 aromatic carbocycles. The summed E-state index contributed by atoms with van der Waals surface area (Å²) in [5.74, 6) is -0.299. The van der Waals surface area contributed by atoms with Crippen LogP contribution in [0.15, 0.2) is 48.5 Å². The van der Waals surface area contributed by atoms with Crippen LogP contribution < -0.4 is 10.2 Å². The van der Waals surface area contributed by atoms with E-state index in [4.69, 9.17) is 11.6 Å². The number of hydrogen-bond donors (Lipinski definition) is 1. The molecular weight excluding hydrogens is 398 g/mol. The molecule has 0 aromatic heterocycles. The number of anilines is 2. The lowest BCUT2D eigenvalue weighted by molar-refractivity contribution is -0.121. The van der Waals surface area contributed by atoms with E-state index in [1.54, 1.807) is 29.2 Å². The molecule has 30 heavy (non-hydrogen) atoms. The SMILES string of the molecule is CCN(c1ccc(NC(=O)C2CCCN(C(=O)c3ccc(Cl)cc3)C2)cc1)C(C)C. The number of benzene rings is 2. The number of amides is 2. The first-order valence-electron chi connectivity index (χ1n) is 10.6. The van der Waals surface area contributed by atoms with Crippen molar-refractivity contribution >= 4 is 34.8 Å². The van der Waals surface area contributed by atoms with Crippen molar-refractivity contribution in [1.29, 1.82) is 0 Å². The summed E-state index contributed by atoms with van der Waals surface area (Å²) < 4.78 is 0. The number of piperidine rings is 1. The molecule has 1 aliphatic rings. The molecule has 0 spiro atoms. The average molecular weight is 428 g/mol. The Balaban J connectivity index is 1.61. The Kier molecular flexibility index (Phi) is 7.38. The molecule has 160 valence electrons. The summed E-state index contributed by atoms with van der Waals surface area (Å²) in [6.45, 7) is 8.50. The van der Waals surface area contributed by atoms with Gasteiger partial charge in [0.2, 0.25) is 5.91 Å². The predicted molar refractivity (Wildman–Crippen MR) is 123 cm³/mol. The van der Waals surface area contributed by atoms with Crippen LogP contribution in [-0.2, 0) is 4.79 Å². The van der Waals surface area contributed by atoms with Crippen molar-refractivity contribution in [2.75, 3.05) is 29.9 Å². The standard InChI is InChI=1S/C24H30ClN3O2/c1-4-28(17(2)3)22-13-11-21(12-14-22)26-23(29)19-6-5-15-27(16-19)24(30)18-7-9-20(25)10-8-18/h7-14,17,19H,4-6,15-16H2,1-3H3,(H,26,29). The van der Waals surface area contributed by atoms with E-state index in [2.05, 4.69) is 31.0 Å². The lowest BCUT2D eigenvalue weighted by atomic mass is 9.96. The minimum Gasteiger partial charge on any atom is -0.369 e. The number of nitrogens with zero attached hydrogens (tertiary/aromatic N) is 2. The number of hydrogen-bond acceptors (Lipinski definition) is 3. The van der Waals surface area contributed by atoms with Gasteiger partial charge in [0.25, 0.3) is 5.91 Å². The molecule has 1 N–H and O–H groups in total. The molecule has 0 saturated carbocycles. The number of nitrogens with one attached hydrogen (secondary N) is 1. The van der Waals surface area contributed by atoms with Crippen LogP contribution in [0.3, 0.4) is 0 Å². The molecule has 2 aromatic rings. The summed E-state index contributed by atoms with van der Waals surface area (Å²) in [6.07, 6.45) is 1.60. The highest BCUT2D eigenvalue weighted by atomic mass is 35.5. The molecule has 2 amide bonds. The van der Waals surface area contributed by atoms with E-state index < -0.39 is 0 Å². The summed E-state index contributed by atoms with van der Waals surface area (Å²) in [4.78, 5) is 29.7. The quantitative estimate of drug-likeness (QED) is 0.700. The maximum absolute atomic E-state index is 12.8. The first kappa shape index (κ1) is 22.2. The second-order valence-corrected chi connectivity index (χ2v) is 8.45. The minimum absolute atomic E-state index is 0.0347. The second-order valence-electron chi connectivity index (χ2n) is 8.01. The van der Waals surface area contributed by atoms with Crippen molar-refractivity contribution in [3.05, 3.63) is 59.1 Å². The van der Waals surface area contributed by atoms with Gasteiger partial charge in [-0.1, -0.05) is 11.6 Å². The van der Waals surface area contributed by atoms with Crippen molar-refractivity contribution in [2.24, 2.45) is 5.92 Å². The molecule has 0 bridgehead atoms. The van der Waals surface area contributed by atoms with Gasteiger partial charge in [-0.25, -0.2) is 0 Å². The third-order valence-electron chi connectivity index (χ3n) is 5.60. The van der Waals surface area contributed by atoms with Crippen LogP contribution in [0.25, 0.3) is 0 Å². The van der Waals surface area contributed by atoms with Gasteiger partial charge in [-0.2, -0.15) is 0 Å². The smallest absolute Gasteiger partial charge is 0.253 e. The first-order valence-corrected chi connectivity index (χ1v) is 11.0. The highest BCUT2D eigenvalue weighted by Gasteiger charge is 2.29. The molecule has 6 heteroatoms. The highest BCUT2D eigenvalue weighted by molar-refractivity contribution is 6.30. The zero-order valence-corrected chi connectivity index (χ0v) is 18.7. The van der Waals surface area contributed by atoms with E-state index in [9.17, 15) is 9.59 Å². The van der Waals surface area contributed by atoms with Gasteiger partial charge in [-0.15, -0.1) is 0 Å². The normalized spacial score (nSPS) is 16.4. The minimum atomic E-state index is -0.211. The Morgan fingerprint density at radius 3 is 2.40 bits per heavy atom. The molecule has 1 saturated heterocycles. The maximum Gasteiger partial charge on any atom is 0.253 e. The van der Waals surface area contributed by atoms with Crippen molar-refractivity contribution in [3.8, 4) is 0 Å². The summed E-state index contributed by atoms with van der Waals surface area (Å²) in [5, 5.41) is 3.62. The van der Waals surface area contributed by atoms with Gasteiger partial charge in [0.1, 0.15) is 0 Å². The molecule has 1 unspecified atom stereocenters. The summed E-state index contributed by atoms with van der Waals surface area (Å²) in [7, 11) is 0. The van der Waals surface area contributed by atoms with E-state index in [1.165, 1.54) is 0 Å². The highest BCUT2D eigenvalue weighted by Crippen LogP contribution is 2.23. The molecule has 1 aliphatic heterocycles. The lowest BCUT2D eigenvalue weighted by Crippen LogP contribution is -2.43. The monoisotopic (exact) mass is 427 g/mol. The van der Waals surface area contributed by atoms with Crippen molar-refractivity contribution in [2.45, 2.75) is 39.7 Å². The Bertz CT molecular complexity index is 865. The fourth-order valence-corrected chi connectivity index (χ4v) is 4.10. The van der Waals surface area contributed by atoms with Gasteiger partial charge in [0.05, 0.1) is 5.92 Å². The van der Waals surface area contributed by atoms with Crippen LogP contribution in [0.4, 0.5) is 11.4 Å². The molecule has 0 radical (unpaired) electrons. The maximum atomic E-state index is 12.8. The topological polar surface area (TPSA) is 52.7 Å². The van der Waals surface area contributed by atoms with Gasteiger partial charge >= 0.3 is 0 Å². The van der Waals surface area contributed by atoms with E-state index in [0.717, 1.165) is 30.8 Å². The average Bonchev–Trinajstić information content (AvgIpc) is 2.75. The molecule has 0 aliphatic carbocycles. The van der Waals surface area contributed by atoms with Crippen LogP contribution in [-0.4, -0.2) is 42.4 Å². The third kappa shape index (κ3) is 5.33. The van der Waals surface area contributed by atoms with Gasteiger partial charge in [0.15, 0.2) is 0 Å². The van der Waals surface area contributed by atoms with Gasteiger partial charge < -0.3 is 15.1 Å². The molecular formula is C24H30ClN3O2. The Labute approximate surface area is 184 Å². The zero-order valence-electron chi connectivity index (χ0n) is 17.9. The lowest BCUT2D eigenvalue weighted by Gasteiger charge is -2.32. The number of halogens is 1. The number of carbonyl (C=O) groups is 2. The van der Waals surface area contributed by atoms with Crippen LogP contribution in [0.5, 0.6) is 0 Å². The number of likely N-dealkylation sites (tertiary alicyclic amines) is 1. The van der Waals surface area contributed by atoms with Crippen LogP contribution in [0.1, 0.15) is 44.0 Å². The van der Waals surface area contributed by atoms with E-state index >= 15 is 0 Å². The van der Waals surface area contributed by atoms with Crippen molar-refractivity contribution < 1.29 is 9.59 Å². The van der Waals surface area contributed by atoms with E-state index in [-0.39, 0.29) is 17.7 Å². The largest absolute Gasteiger partial charge is 0.369 e. The fraction of sp³-hybridized carbons (Fsp3) is 0.417. The number of carbonyl (C=O) groups excluding carboxylic acids is 2. The molecule has 1 fully saturated rings. The van der Waals surface area contributed by atoms with Crippen LogP contribution >= 0.6 is 11.6 Å². The zero-order chi connectivity index (χ0) is 21.7. The Hall–Kier alpha value is -2.53. The van der Waals surface area contributed by atoms with Crippen molar-refractivity contribution in [1.82, 2.24) is 4.90 Å². The van der Waals surface area contributed by atoms with E-state index in [1.807, 2.05) is 24.3 Å². The van der Waals surface area contributed by atoms with E-state index in [0.29, 0.717) is 29.7 Å². The summed E-state index contributed by atoms with van der Waals surface area (Å²) in [6, 6.07) is 15.3. The fourth-order valence-electron chi connectivity index (χ4n) is 3.98. The molecule has 1 atom stereocenters.